The summed E-state index contributed by atoms with van der Waals surface area (Å²) in [7, 11) is 1.69. The topological polar surface area (TPSA) is 72.0 Å². The van der Waals surface area contributed by atoms with Crippen molar-refractivity contribution < 1.29 is 4.74 Å². The normalized spacial score (nSPS) is 10.4. The maximum atomic E-state index is 5.00. The molecule has 0 aliphatic carbocycles. The molecule has 6 nitrogen and oxygen atoms in total. The average Bonchev–Trinajstić information content (AvgIpc) is 2.48. The zero-order valence-corrected chi connectivity index (χ0v) is 13.6. The molecule has 1 heterocycles. The Morgan fingerprint density at radius 3 is 2.95 bits per heavy atom. The number of benzene rings is 1. The summed E-state index contributed by atoms with van der Waals surface area (Å²) in [5, 5.41) is 14.3. The molecule has 0 spiro atoms. The van der Waals surface area contributed by atoms with Crippen molar-refractivity contribution in [3.05, 3.63) is 34.4 Å². The number of halogens is 1. The lowest BCUT2D eigenvalue weighted by Gasteiger charge is -2.08. The minimum atomic E-state index is 0.466. The van der Waals surface area contributed by atoms with Crippen LogP contribution in [0.1, 0.15) is 12.0 Å². The minimum absolute atomic E-state index is 0.466. The predicted octanol–water partition coefficient (Wildman–Crippen LogP) is 3.13. The molecule has 0 bridgehead atoms. The number of hydrogen-bond acceptors (Lipinski definition) is 6. The first-order chi connectivity index (χ1) is 10.2. The maximum absolute atomic E-state index is 5.00. The van der Waals surface area contributed by atoms with Gasteiger partial charge in [0.2, 0.25) is 5.95 Å². The molecule has 1 aromatic heterocycles. The van der Waals surface area contributed by atoms with E-state index in [1.54, 1.807) is 13.3 Å². The third-order valence-electron chi connectivity index (χ3n) is 2.80. The molecule has 0 radical (unpaired) electrons. The van der Waals surface area contributed by atoms with Crippen LogP contribution < -0.4 is 10.6 Å². The van der Waals surface area contributed by atoms with Crippen LogP contribution in [0.25, 0.3) is 0 Å². The van der Waals surface area contributed by atoms with Crippen molar-refractivity contribution in [2.45, 2.75) is 13.3 Å². The van der Waals surface area contributed by atoms with Gasteiger partial charge in [-0.15, -0.1) is 5.10 Å². The molecular formula is C14H18BrN5O. The number of nitrogens with zero attached hydrogens (tertiary/aromatic N) is 3. The average molecular weight is 352 g/mol. The van der Waals surface area contributed by atoms with Gasteiger partial charge < -0.3 is 15.4 Å². The van der Waals surface area contributed by atoms with Gasteiger partial charge >= 0.3 is 0 Å². The van der Waals surface area contributed by atoms with Gasteiger partial charge in [-0.05, 0) is 37.1 Å². The number of nitrogens with one attached hydrogen (secondary N) is 2. The van der Waals surface area contributed by atoms with E-state index in [4.69, 9.17) is 4.74 Å². The van der Waals surface area contributed by atoms with Gasteiger partial charge in [-0.25, -0.2) is 0 Å². The molecule has 0 aliphatic rings. The SMILES string of the molecule is COCCCNc1cnnc(Nc2ccc(Br)c(C)c2)n1. The summed E-state index contributed by atoms with van der Waals surface area (Å²) in [4.78, 5) is 4.37. The van der Waals surface area contributed by atoms with Crippen LogP contribution in [0.5, 0.6) is 0 Å². The van der Waals surface area contributed by atoms with E-state index in [0.29, 0.717) is 11.8 Å². The second-order valence-electron chi connectivity index (χ2n) is 4.53. The molecule has 1 aromatic carbocycles. The second kappa shape index (κ2) is 7.90. The molecule has 2 N–H and O–H groups in total. The van der Waals surface area contributed by atoms with Crippen molar-refractivity contribution in [1.82, 2.24) is 15.2 Å². The van der Waals surface area contributed by atoms with Gasteiger partial charge in [0.05, 0.1) is 6.20 Å². The molecule has 0 saturated heterocycles. The molecule has 0 fully saturated rings. The van der Waals surface area contributed by atoms with Gasteiger partial charge in [0, 0.05) is 30.4 Å². The summed E-state index contributed by atoms with van der Waals surface area (Å²) in [5.41, 5.74) is 2.07. The van der Waals surface area contributed by atoms with E-state index in [0.717, 1.165) is 35.3 Å². The van der Waals surface area contributed by atoms with Gasteiger partial charge in [0.25, 0.3) is 0 Å². The lowest BCUT2D eigenvalue weighted by molar-refractivity contribution is 0.197. The minimum Gasteiger partial charge on any atom is -0.385 e. The van der Waals surface area contributed by atoms with E-state index in [2.05, 4.69) is 41.7 Å². The van der Waals surface area contributed by atoms with E-state index in [1.165, 1.54) is 0 Å². The van der Waals surface area contributed by atoms with Crippen molar-refractivity contribution >= 4 is 33.4 Å². The van der Waals surface area contributed by atoms with Crippen molar-refractivity contribution in [1.29, 1.82) is 0 Å². The van der Waals surface area contributed by atoms with E-state index < -0.39 is 0 Å². The van der Waals surface area contributed by atoms with Crippen LogP contribution >= 0.6 is 15.9 Å². The number of methoxy groups -OCH3 is 1. The monoisotopic (exact) mass is 351 g/mol. The molecule has 21 heavy (non-hydrogen) atoms. The smallest absolute Gasteiger partial charge is 0.249 e. The summed E-state index contributed by atoms with van der Waals surface area (Å²) < 4.78 is 6.07. The van der Waals surface area contributed by atoms with Gasteiger partial charge in [0.1, 0.15) is 0 Å². The first-order valence-electron chi connectivity index (χ1n) is 6.65. The van der Waals surface area contributed by atoms with Gasteiger partial charge in [-0.1, -0.05) is 15.9 Å². The first-order valence-corrected chi connectivity index (χ1v) is 7.44. The van der Waals surface area contributed by atoms with Crippen LogP contribution in [-0.2, 0) is 4.74 Å². The highest BCUT2D eigenvalue weighted by Gasteiger charge is 2.02. The number of anilines is 3. The van der Waals surface area contributed by atoms with Crippen LogP contribution in [0.4, 0.5) is 17.5 Å². The van der Waals surface area contributed by atoms with Gasteiger partial charge in [-0.2, -0.15) is 10.1 Å². The Bertz CT molecular complexity index is 593. The zero-order valence-electron chi connectivity index (χ0n) is 12.1. The Morgan fingerprint density at radius 1 is 1.33 bits per heavy atom. The lowest BCUT2D eigenvalue weighted by Crippen LogP contribution is -2.08. The Kier molecular flexibility index (Phi) is 5.89. The molecule has 0 atom stereocenters. The predicted molar refractivity (Wildman–Crippen MR) is 87.0 cm³/mol. The molecule has 112 valence electrons. The fourth-order valence-corrected chi connectivity index (χ4v) is 1.97. The molecular weight excluding hydrogens is 334 g/mol. The van der Waals surface area contributed by atoms with E-state index in [-0.39, 0.29) is 0 Å². The van der Waals surface area contributed by atoms with Crippen molar-refractivity contribution in [2.75, 3.05) is 30.9 Å². The number of ether oxygens (including phenoxy) is 1. The summed E-state index contributed by atoms with van der Waals surface area (Å²) in [6, 6.07) is 5.96. The largest absolute Gasteiger partial charge is 0.385 e. The Morgan fingerprint density at radius 2 is 2.19 bits per heavy atom. The van der Waals surface area contributed by atoms with E-state index >= 15 is 0 Å². The number of rotatable bonds is 7. The highest BCUT2D eigenvalue weighted by atomic mass is 79.9. The van der Waals surface area contributed by atoms with Crippen molar-refractivity contribution in [3.8, 4) is 0 Å². The fourth-order valence-electron chi connectivity index (χ4n) is 1.73. The van der Waals surface area contributed by atoms with Crippen LogP contribution in [0.15, 0.2) is 28.9 Å². The second-order valence-corrected chi connectivity index (χ2v) is 5.38. The van der Waals surface area contributed by atoms with Crippen LogP contribution in [0.2, 0.25) is 0 Å². The van der Waals surface area contributed by atoms with Crippen molar-refractivity contribution in [2.24, 2.45) is 0 Å². The third kappa shape index (κ3) is 4.95. The third-order valence-corrected chi connectivity index (χ3v) is 3.69. The standard InChI is InChI=1S/C14H18BrN5O/c1-10-8-11(4-5-12(10)15)18-14-19-13(9-17-20-14)16-6-3-7-21-2/h4-5,8-9H,3,6-7H2,1-2H3,(H2,16,18,19,20). The Balaban J connectivity index is 1.98. The lowest BCUT2D eigenvalue weighted by atomic mass is 10.2. The van der Waals surface area contributed by atoms with E-state index in [1.807, 2.05) is 25.1 Å². The molecule has 2 aromatic rings. The molecule has 0 aliphatic heterocycles. The molecule has 0 saturated carbocycles. The Hall–Kier alpha value is -1.73. The van der Waals surface area contributed by atoms with Gasteiger partial charge in [0.15, 0.2) is 5.82 Å². The van der Waals surface area contributed by atoms with Crippen LogP contribution in [0.3, 0.4) is 0 Å². The first kappa shape index (κ1) is 15.7. The molecule has 0 amide bonds. The maximum Gasteiger partial charge on any atom is 0.249 e. The summed E-state index contributed by atoms with van der Waals surface area (Å²) >= 11 is 3.48. The van der Waals surface area contributed by atoms with Crippen molar-refractivity contribution in [3.63, 3.8) is 0 Å². The zero-order chi connectivity index (χ0) is 15.1. The number of hydrogen-bond donors (Lipinski definition) is 2. The summed E-state index contributed by atoms with van der Waals surface area (Å²) in [6.07, 6.45) is 2.51. The molecule has 2 rings (SSSR count). The summed E-state index contributed by atoms with van der Waals surface area (Å²) in [5.74, 6) is 1.16. The quantitative estimate of drug-likeness (QED) is 0.746. The highest BCUT2D eigenvalue weighted by Crippen LogP contribution is 2.21. The molecule has 7 heteroatoms. The fraction of sp³-hybridized carbons (Fsp3) is 0.357. The molecule has 0 unspecified atom stereocenters. The highest BCUT2D eigenvalue weighted by molar-refractivity contribution is 9.10. The van der Waals surface area contributed by atoms with E-state index in [9.17, 15) is 0 Å². The van der Waals surface area contributed by atoms with Crippen LogP contribution in [0, 0.1) is 6.92 Å². The number of aryl methyl sites for hydroxylation is 1. The van der Waals surface area contributed by atoms with Crippen LogP contribution in [-0.4, -0.2) is 35.4 Å². The number of aromatic nitrogens is 3. The summed E-state index contributed by atoms with van der Waals surface area (Å²) in [6.45, 7) is 3.53. The Labute approximate surface area is 132 Å². The van der Waals surface area contributed by atoms with Gasteiger partial charge in [-0.3, -0.25) is 0 Å².